The molecule has 0 aromatic heterocycles. The number of benzene rings is 1. The molecule has 6 heteroatoms. The zero-order valence-corrected chi connectivity index (χ0v) is 12.6. The van der Waals surface area contributed by atoms with Gasteiger partial charge in [0, 0.05) is 10.8 Å². The van der Waals surface area contributed by atoms with Crippen molar-refractivity contribution in [1.82, 2.24) is 0 Å². The molecule has 0 aliphatic heterocycles. The molecule has 1 N–H and O–H groups in total. The summed E-state index contributed by atoms with van der Waals surface area (Å²) < 4.78 is 22.3. The Labute approximate surface area is 118 Å². The third-order valence-electron chi connectivity index (χ3n) is 2.95. The highest BCUT2D eigenvalue weighted by atomic mass is 35.5. The van der Waals surface area contributed by atoms with Crippen LogP contribution < -0.4 is 0 Å². The van der Waals surface area contributed by atoms with Crippen molar-refractivity contribution in [3.8, 4) is 0 Å². The predicted molar refractivity (Wildman–Crippen MR) is 74.7 cm³/mol. The predicted octanol–water partition coefficient (Wildman–Crippen LogP) is 3.15. The molecule has 102 valence electrons. The van der Waals surface area contributed by atoms with Gasteiger partial charge in [0.05, 0.1) is 0 Å². The molecule has 0 unspecified atom stereocenters. The molecule has 0 fully saturated rings. The van der Waals surface area contributed by atoms with E-state index in [1.807, 2.05) is 0 Å². The van der Waals surface area contributed by atoms with Gasteiger partial charge >= 0.3 is 0 Å². The molecule has 0 heterocycles. The minimum Gasteiger partial charge on any atom is -0.385 e. The van der Waals surface area contributed by atoms with E-state index in [0.29, 0.717) is 10.6 Å². The lowest BCUT2D eigenvalue weighted by Crippen LogP contribution is -2.39. The summed E-state index contributed by atoms with van der Waals surface area (Å²) in [7, 11) is -3.60. The molecule has 0 aliphatic rings. The maximum Gasteiger partial charge on any atom is 0.175 e. The lowest BCUT2D eigenvalue weighted by atomic mass is 10.0. The number of aliphatic hydroxyl groups is 1. The number of sulfone groups is 1. The summed E-state index contributed by atoms with van der Waals surface area (Å²) in [6.45, 7) is 3.14. The van der Waals surface area contributed by atoms with Crippen molar-refractivity contribution in [2.45, 2.75) is 30.6 Å². The van der Waals surface area contributed by atoms with Crippen LogP contribution in [0.1, 0.15) is 31.9 Å². The van der Waals surface area contributed by atoms with Crippen molar-refractivity contribution in [3.63, 3.8) is 0 Å². The molecular weight excluding hydrogens is 295 g/mol. The van der Waals surface area contributed by atoms with Gasteiger partial charge in [-0.15, -0.1) is 0 Å². The van der Waals surface area contributed by atoms with Gasteiger partial charge in [0.15, 0.2) is 14.0 Å². The van der Waals surface area contributed by atoms with Gasteiger partial charge < -0.3 is 5.11 Å². The van der Waals surface area contributed by atoms with Gasteiger partial charge in [0.25, 0.3) is 0 Å². The summed E-state index contributed by atoms with van der Waals surface area (Å²) in [5, 5.41) is 10.7. The first-order valence-corrected chi connectivity index (χ1v) is 8.04. The van der Waals surface area contributed by atoms with Gasteiger partial charge in [-0.3, -0.25) is 0 Å². The fraction of sp³-hybridized carbons (Fsp3) is 0.500. The van der Waals surface area contributed by atoms with Crippen LogP contribution in [-0.2, 0) is 9.84 Å². The van der Waals surface area contributed by atoms with Gasteiger partial charge in [0.1, 0.15) is 6.10 Å². The van der Waals surface area contributed by atoms with E-state index in [1.165, 1.54) is 13.0 Å². The van der Waals surface area contributed by atoms with Crippen LogP contribution in [0, 0.1) is 0 Å². The average molecular weight is 311 g/mol. The molecular formula is C12H16Cl2O3S. The maximum absolute atomic E-state index is 12.0. The van der Waals surface area contributed by atoms with Gasteiger partial charge in [-0.25, -0.2) is 8.42 Å². The van der Waals surface area contributed by atoms with Crippen molar-refractivity contribution < 1.29 is 13.5 Å². The third-order valence-corrected chi connectivity index (χ3v) is 6.67. The largest absolute Gasteiger partial charge is 0.385 e. The minimum atomic E-state index is -3.60. The van der Waals surface area contributed by atoms with Gasteiger partial charge in [0.2, 0.25) is 0 Å². The highest BCUT2D eigenvalue weighted by Crippen LogP contribution is 2.40. The summed E-state index contributed by atoms with van der Waals surface area (Å²) in [4.78, 5) is 0. The summed E-state index contributed by atoms with van der Waals surface area (Å²) in [6.07, 6.45) is -1.20. The van der Waals surface area contributed by atoms with Crippen molar-refractivity contribution in [1.29, 1.82) is 0 Å². The zero-order chi connectivity index (χ0) is 14.0. The van der Waals surface area contributed by atoms with Crippen molar-refractivity contribution in [3.05, 3.63) is 34.9 Å². The van der Waals surface area contributed by atoms with Gasteiger partial charge in [-0.05, 0) is 24.1 Å². The number of aliphatic hydroxyl groups excluding tert-OH is 1. The van der Waals surface area contributed by atoms with Crippen LogP contribution in [-0.4, -0.2) is 23.5 Å². The number of alkyl halides is 1. The molecule has 0 aliphatic carbocycles. The number of halogens is 2. The normalized spacial score (nSPS) is 17.2. The van der Waals surface area contributed by atoms with E-state index in [-0.39, 0.29) is 12.2 Å². The molecule has 0 radical (unpaired) electrons. The molecule has 18 heavy (non-hydrogen) atoms. The fourth-order valence-corrected chi connectivity index (χ4v) is 3.80. The third kappa shape index (κ3) is 2.82. The molecule has 0 saturated heterocycles. The topological polar surface area (TPSA) is 54.4 Å². The smallest absolute Gasteiger partial charge is 0.175 e. The van der Waals surface area contributed by atoms with E-state index in [1.54, 1.807) is 25.1 Å². The molecule has 0 spiro atoms. The molecule has 1 rings (SSSR count). The molecule has 0 amide bonds. The van der Waals surface area contributed by atoms with Crippen molar-refractivity contribution in [2.75, 3.05) is 5.75 Å². The molecule has 3 nitrogen and oxygen atoms in total. The summed E-state index contributed by atoms with van der Waals surface area (Å²) in [5.74, 6) is -0.123. The average Bonchev–Trinajstić information content (AvgIpc) is 2.36. The first-order valence-electron chi connectivity index (χ1n) is 5.63. The van der Waals surface area contributed by atoms with Gasteiger partial charge in [-0.2, -0.15) is 0 Å². The summed E-state index contributed by atoms with van der Waals surface area (Å²) >= 11 is 12.0. The molecule has 1 aromatic carbocycles. The Bertz CT molecular complexity index is 516. The van der Waals surface area contributed by atoms with Crippen LogP contribution in [0.2, 0.25) is 5.02 Å². The Morgan fingerprint density at radius 2 is 2.00 bits per heavy atom. The molecule has 0 saturated carbocycles. The summed E-state index contributed by atoms with van der Waals surface area (Å²) in [5.41, 5.74) is 0.399. The Morgan fingerprint density at radius 3 is 2.44 bits per heavy atom. The molecule has 0 bridgehead atoms. The van der Waals surface area contributed by atoms with E-state index >= 15 is 0 Å². The second-order valence-electron chi connectivity index (χ2n) is 4.00. The highest BCUT2D eigenvalue weighted by molar-refractivity contribution is 7.94. The Kier molecular flexibility index (Phi) is 5.06. The van der Waals surface area contributed by atoms with Gasteiger partial charge in [-0.1, -0.05) is 49.2 Å². The van der Waals surface area contributed by atoms with E-state index in [0.717, 1.165) is 0 Å². The standard InChI is InChI=1S/C12H16Cl2O3S/c1-3-12(14,18(16,17)4-2)11(15)9-6-5-7-10(13)8-9/h5-8,11,15H,3-4H2,1-2H3/t11-,12-/m0/s1. The fourth-order valence-electron chi connectivity index (χ4n) is 1.75. The summed E-state index contributed by atoms with van der Waals surface area (Å²) in [6, 6.07) is 6.42. The van der Waals surface area contributed by atoms with E-state index in [4.69, 9.17) is 23.2 Å². The van der Waals surface area contributed by atoms with Crippen LogP contribution in [0.5, 0.6) is 0 Å². The zero-order valence-electron chi connectivity index (χ0n) is 10.2. The van der Waals surface area contributed by atoms with Crippen LogP contribution >= 0.6 is 23.2 Å². The number of hydrogen-bond acceptors (Lipinski definition) is 3. The van der Waals surface area contributed by atoms with Crippen LogP contribution in [0.3, 0.4) is 0 Å². The van der Waals surface area contributed by atoms with Crippen LogP contribution in [0.25, 0.3) is 0 Å². The number of rotatable bonds is 5. The Morgan fingerprint density at radius 1 is 1.39 bits per heavy atom. The monoisotopic (exact) mass is 310 g/mol. The second kappa shape index (κ2) is 5.78. The number of hydrogen-bond donors (Lipinski definition) is 1. The highest BCUT2D eigenvalue weighted by Gasteiger charge is 2.46. The van der Waals surface area contributed by atoms with E-state index < -0.39 is 20.1 Å². The lowest BCUT2D eigenvalue weighted by molar-refractivity contribution is 0.154. The first kappa shape index (κ1) is 15.8. The lowest BCUT2D eigenvalue weighted by Gasteiger charge is -2.30. The Balaban J connectivity index is 3.26. The SMILES string of the molecule is CC[C@@](Cl)([C@@H](O)c1cccc(Cl)c1)S(=O)(=O)CC. The minimum absolute atomic E-state index is 0.110. The molecule has 2 atom stereocenters. The molecule has 1 aromatic rings. The van der Waals surface area contributed by atoms with Crippen molar-refractivity contribution >= 4 is 33.0 Å². The van der Waals surface area contributed by atoms with Crippen LogP contribution in [0.15, 0.2) is 24.3 Å². The quantitative estimate of drug-likeness (QED) is 0.850. The first-order chi connectivity index (χ1) is 8.28. The van der Waals surface area contributed by atoms with E-state index in [9.17, 15) is 13.5 Å². The van der Waals surface area contributed by atoms with Crippen molar-refractivity contribution in [2.24, 2.45) is 0 Å². The Hall–Kier alpha value is -0.290. The van der Waals surface area contributed by atoms with E-state index in [2.05, 4.69) is 0 Å². The van der Waals surface area contributed by atoms with Crippen LogP contribution in [0.4, 0.5) is 0 Å². The maximum atomic E-state index is 12.0. The second-order valence-corrected chi connectivity index (χ2v) is 7.87.